The van der Waals surface area contributed by atoms with Gasteiger partial charge in [0.05, 0.1) is 5.56 Å². The van der Waals surface area contributed by atoms with Crippen molar-refractivity contribution in [2.75, 3.05) is 0 Å². The predicted molar refractivity (Wildman–Crippen MR) is 78.1 cm³/mol. The summed E-state index contributed by atoms with van der Waals surface area (Å²) in [7, 11) is -4.02. The van der Waals surface area contributed by atoms with E-state index in [1.165, 1.54) is 12.4 Å². The summed E-state index contributed by atoms with van der Waals surface area (Å²) < 4.78 is 24.0. The highest BCUT2D eigenvalue weighted by atomic mass is 32.2. The van der Waals surface area contributed by atoms with Gasteiger partial charge in [0.25, 0.3) is 0 Å². The molecule has 0 atom stereocenters. The molecule has 0 fully saturated rings. The summed E-state index contributed by atoms with van der Waals surface area (Å²) in [5.41, 5.74) is 0.854. The lowest BCUT2D eigenvalue weighted by Gasteiger charge is -1.98. The molecule has 2 N–H and O–H groups in total. The van der Waals surface area contributed by atoms with Gasteiger partial charge >= 0.3 is 10.2 Å². The number of nitrogens with zero attached hydrogens (tertiary/aromatic N) is 2. The van der Waals surface area contributed by atoms with Crippen LogP contribution in [0.15, 0.2) is 54.9 Å². The minimum Gasteiger partial charge on any atom is -0.289 e. The highest BCUT2D eigenvalue weighted by Gasteiger charge is 2.20. The largest absolute Gasteiger partial charge is 0.304 e. The van der Waals surface area contributed by atoms with Gasteiger partial charge in [-0.1, -0.05) is 30.3 Å². The van der Waals surface area contributed by atoms with Crippen LogP contribution in [-0.4, -0.2) is 23.2 Å². The van der Waals surface area contributed by atoms with Gasteiger partial charge in [-0.15, -0.1) is 0 Å². The molecule has 7 heteroatoms. The van der Waals surface area contributed by atoms with Crippen LogP contribution in [0.2, 0.25) is 0 Å². The summed E-state index contributed by atoms with van der Waals surface area (Å²) in [5, 5.41) is 5.60. The normalized spacial score (nSPS) is 11.7. The van der Waals surface area contributed by atoms with Crippen molar-refractivity contribution in [3.8, 4) is 0 Å². The number of aromatic nitrogens is 2. The zero-order valence-corrected chi connectivity index (χ0v) is 11.6. The average Bonchev–Trinajstić information content (AvgIpc) is 2.87. The molecule has 2 heterocycles. The van der Waals surface area contributed by atoms with Gasteiger partial charge in [-0.2, -0.15) is 8.42 Å². The molecule has 0 spiro atoms. The topological polar surface area (TPSA) is 95.0 Å². The van der Waals surface area contributed by atoms with Crippen molar-refractivity contribution in [3.63, 3.8) is 0 Å². The van der Waals surface area contributed by atoms with E-state index in [-0.39, 0.29) is 17.0 Å². The number of fused-ring (bicyclic) bond motifs is 1. The highest BCUT2D eigenvalue weighted by molar-refractivity contribution is 7.87. The van der Waals surface area contributed by atoms with Crippen LogP contribution in [0.5, 0.6) is 0 Å². The molecule has 3 rings (SSSR count). The first kappa shape index (κ1) is 13.5. The number of benzene rings is 1. The third kappa shape index (κ3) is 2.32. The molecule has 0 aliphatic rings. The van der Waals surface area contributed by atoms with Crippen molar-refractivity contribution >= 4 is 27.0 Å². The fourth-order valence-corrected chi connectivity index (χ4v) is 2.79. The molecule has 0 saturated carbocycles. The summed E-state index contributed by atoms with van der Waals surface area (Å²) in [6.45, 7) is 0. The predicted octanol–water partition coefficient (Wildman–Crippen LogP) is 1.32. The maximum absolute atomic E-state index is 12.5. The number of hydrogen-bond acceptors (Lipinski definition) is 4. The Labute approximate surface area is 121 Å². The van der Waals surface area contributed by atoms with E-state index in [9.17, 15) is 13.2 Å². The molecule has 1 aromatic carbocycles. The van der Waals surface area contributed by atoms with Gasteiger partial charge in [0.2, 0.25) is 0 Å². The van der Waals surface area contributed by atoms with Gasteiger partial charge in [0.15, 0.2) is 11.4 Å². The first-order chi connectivity index (χ1) is 9.98. The van der Waals surface area contributed by atoms with Crippen molar-refractivity contribution in [3.05, 3.63) is 66.0 Å². The van der Waals surface area contributed by atoms with Crippen molar-refractivity contribution in [2.45, 2.75) is 0 Å². The maximum atomic E-state index is 12.5. The molecule has 0 radical (unpaired) electrons. The number of rotatable bonds is 3. The van der Waals surface area contributed by atoms with E-state index < -0.39 is 10.2 Å². The summed E-state index contributed by atoms with van der Waals surface area (Å²) >= 11 is 0. The summed E-state index contributed by atoms with van der Waals surface area (Å²) in [4.78, 5) is 16.5. The first-order valence-corrected chi connectivity index (χ1v) is 7.58. The second-order valence-corrected chi connectivity index (χ2v) is 5.88. The molecule has 0 amide bonds. The molecular weight excluding hydrogens is 290 g/mol. The lowest BCUT2D eigenvalue weighted by Crippen LogP contribution is -2.21. The van der Waals surface area contributed by atoms with Crippen LogP contribution >= 0.6 is 0 Å². The van der Waals surface area contributed by atoms with Crippen LogP contribution in [0.4, 0.5) is 0 Å². The molecule has 0 unspecified atom stereocenters. The van der Waals surface area contributed by atoms with Crippen molar-refractivity contribution in [1.82, 2.24) is 8.96 Å². The molecule has 3 aromatic rings. The zero-order valence-electron chi connectivity index (χ0n) is 10.8. The van der Waals surface area contributed by atoms with Crippen molar-refractivity contribution in [1.29, 1.82) is 0 Å². The Bertz CT molecular complexity index is 931. The van der Waals surface area contributed by atoms with E-state index in [0.717, 1.165) is 3.97 Å². The van der Waals surface area contributed by atoms with E-state index in [1.54, 1.807) is 42.5 Å². The minimum absolute atomic E-state index is 0.138. The van der Waals surface area contributed by atoms with Crippen LogP contribution in [0.25, 0.3) is 11.0 Å². The van der Waals surface area contributed by atoms with Gasteiger partial charge in [-0.3, -0.25) is 4.79 Å². The zero-order chi connectivity index (χ0) is 15.0. The Morgan fingerprint density at radius 2 is 1.81 bits per heavy atom. The van der Waals surface area contributed by atoms with Crippen LogP contribution in [-0.2, 0) is 10.2 Å². The third-order valence-electron chi connectivity index (χ3n) is 3.09. The Hall–Kier alpha value is -2.51. The van der Waals surface area contributed by atoms with Crippen LogP contribution in [0, 0.1) is 0 Å². The molecule has 21 heavy (non-hydrogen) atoms. The standard InChI is InChI=1S/C14H11N3O3S/c15-21(19,20)17-9-12(11-7-4-8-16-14(11)17)13(18)10-5-2-1-3-6-10/h1-9H,(H2,15,19,20). The second kappa shape index (κ2) is 4.80. The third-order valence-corrected chi connectivity index (χ3v) is 3.91. The number of pyridine rings is 1. The Morgan fingerprint density at radius 1 is 1.10 bits per heavy atom. The lowest BCUT2D eigenvalue weighted by molar-refractivity contribution is 0.104. The van der Waals surface area contributed by atoms with Gasteiger partial charge in [0.1, 0.15) is 0 Å². The number of ketones is 1. The van der Waals surface area contributed by atoms with Gasteiger partial charge in [-0.25, -0.2) is 14.1 Å². The van der Waals surface area contributed by atoms with Crippen LogP contribution in [0.1, 0.15) is 15.9 Å². The van der Waals surface area contributed by atoms with E-state index >= 15 is 0 Å². The average molecular weight is 301 g/mol. The summed E-state index contributed by atoms with van der Waals surface area (Å²) in [5.74, 6) is -0.281. The van der Waals surface area contributed by atoms with Crippen LogP contribution < -0.4 is 5.14 Å². The molecule has 2 aromatic heterocycles. The second-order valence-electron chi connectivity index (χ2n) is 4.45. The smallest absolute Gasteiger partial charge is 0.289 e. The molecule has 6 nitrogen and oxygen atoms in total. The molecule has 0 aliphatic carbocycles. The molecular formula is C14H11N3O3S. The van der Waals surface area contributed by atoms with Crippen molar-refractivity contribution < 1.29 is 13.2 Å². The Kier molecular flexibility index (Phi) is 3.08. The molecule has 0 bridgehead atoms. The Morgan fingerprint density at radius 3 is 2.48 bits per heavy atom. The van der Waals surface area contributed by atoms with Gasteiger partial charge in [0, 0.05) is 23.3 Å². The number of nitrogens with two attached hydrogens (primary N) is 1. The first-order valence-electron chi connectivity index (χ1n) is 6.07. The van der Waals surface area contributed by atoms with Crippen LogP contribution in [0.3, 0.4) is 0 Å². The summed E-state index contributed by atoms with van der Waals surface area (Å²) in [6, 6.07) is 11.9. The fourth-order valence-electron chi connectivity index (χ4n) is 2.15. The van der Waals surface area contributed by atoms with Gasteiger partial charge < -0.3 is 0 Å². The van der Waals surface area contributed by atoms with Crippen molar-refractivity contribution in [2.24, 2.45) is 5.14 Å². The lowest BCUT2D eigenvalue weighted by atomic mass is 10.0. The highest BCUT2D eigenvalue weighted by Crippen LogP contribution is 2.23. The minimum atomic E-state index is -4.02. The quantitative estimate of drug-likeness (QED) is 0.738. The Balaban J connectivity index is 2.27. The molecule has 0 saturated heterocycles. The molecule has 0 aliphatic heterocycles. The van der Waals surface area contributed by atoms with E-state index in [2.05, 4.69) is 4.98 Å². The number of carbonyl (C=O) groups is 1. The number of carbonyl (C=O) groups excluding carboxylic acids is 1. The van der Waals surface area contributed by atoms with Gasteiger partial charge in [-0.05, 0) is 12.1 Å². The number of hydrogen-bond donors (Lipinski definition) is 1. The molecule has 106 valence electrons. The summed E-state index contributed by atoms with van der Waals surface area (Å²) in [6.07, 6.45) is 2.66. The maximum Gasteiger partial charge on any atom is 0.304 e. The SMILES string of the molecule is NS(=O)(=O)n1cc(C(=O)c2ccccc2)c2cccnc21. The van der Waals surface area contributed by atoms with E-state index in [1.807, 2.05) is 0 Å². The monoisotopic (exact) mass is 301 g/mol. The van der Waals surface area contributed by atoms with E-state index in [0.29, 0.717) is 10.9 Å². The van der Waals surface area contributed by atoms with E-state index in [4.69, 9.17) is 5.14 Å². The fraction of sp³-hybridized carbons (Fsp3) is 0.